The molecule has 0 aliphatic rings. The lowest BCUT2D eigenvalue weighted by atomic mass is 10.3. The normalized spacial score (nSPS) is 10.9. The van der Waals surface area contributed by atoms with Gasteiger partial charge in [0.2, 0.25) is 5.91 Å². The van der Waals surface area contributed by atoms with Crippen molar-refractivity contribution in [3.05, 3.63) is 47.5 Å². The molecule has 0 saturated heterocycles. The third-order valence-electron chi connectivity index (χ3n) is 3.32. The van der Waals surface area contributed by atoms with Gasteiger partial charge in [-0.1, -0.05) is 18.5 Å². The molecule has 0 bridgehead atoms. The Bertz CT molecular complexity index is 609. The lowest BCUT2D eigenvalue weighted by Gasteiger charge is -2.20. The molecule has 5 nitrogen and oxygen atoms in total. The first-order chi connectivity index (χ1) is 10.6. The minimum Gasteiger partial charge on any atom is -0.337 e. The zero-order valence-corrected chi connectivity index (χ0v) is 13.7. The third kappa shape index (κ3) is 4.86. The van der Waals surface area contributed by atoms with Crippen molar-refractivity contribution in [1.82, 2.24) is 14.5 Å². The lowest BCUT2D eigenvalue weighted by Crippen LogP contribution is -2.34. The first-order valence-electron chi connectivity index (χ1n) is 7.32. The van der Waals surface area contributed by atoms with Crippen molar-refractivity contribution in [3.63, 3.8) is 0 Å². The van der Waals surface area contributed by atoms with Gasteiger partial charge in [-0.05, 0) is 37.2 Å². The van der Waals surface area contributed by atoms with E-state index in [1.54, 1.807) is 30.5 Å². The van der Waals surface area contributed by atoms with Crippen molar-refractivity contribution in [2.24, 2.45) is 7.05 Å². The Morgan fingerprint density at radius 1 is 1.36 bits per heavy atom. The van der Waals surface area contributed by atoms with E-state index in [0.717, 1.165) is 24.5 Å². The Balaban J connectivity index is 1.93. The zero-order chi connectivity index (χ0) is 15.9. The summed E-state index contributed by atoms with van der Waals surface area (Å²) in [6.07, 6.45) is 4.67. The minimum absolute atomic E-state index is 0.0371. The Labute approximate surface area is 135 Å². The second kappa shape index (κ2) is 7.96. The smallest absolute Gasteiger partial charge is 0.238 e. The molecule has 0 spiro atoms. The van der Waals surface area contributed by atoms with Crippen LogP contribution in [0.25, 0.3) is 0 Å². The maximum atomic E-state index is 12.2. The minimum atomic E-state index is -0.0371. The molecule has 0 atom stereocenters. The number of aromatic nitrogens is 2. The van der Waals surface area contributed by atoms with Crippen LogP contribution >= 0.6 is 11.6 Å². The number of amides is 1. The highest BCUT2D eigenvalue weighted by molar-refractivity contribution is 6.30. The Morgan fingerprint density at radius 3 is 2.68 bits per heavy atom. The number of carbonyl (C=O) groups is 1. The molecule has 0 unspecified atom stereocenters. The summed E-state index contributed by atoms with van der Waals surface area (Å²) < 4.78 is 1.97. The third-order valence-corrected chi connectivity index (χ3v) is 3.57. The molecule has 1 N–H and O–H groups in total. The number of anilines is 1. The summed E-state index contributed by atoms with van der Waals surface area (Å²) in [6.45, 7) is 3.94. The van der Waals surface area contributed by atoms with Crippen LogP contribution in [0.3, 0.4) is 0 Å². The fraction of sp³-hybridized carbons (Fsp3) is 0.375. The first kappa shape index (κ1) is 16.5. The largest absolute Gasteiger partial charge is 0.337 e. The van der Waals surface area contributed by atoms with E-state index in [0.29, 0.717) is 18.1 Å². The molecule has 1 aromatic heterocycles. The van der Waals surface area contributed by atoms with Gasteiger partial charge in [-0.2, -0.15) is 0 Å². The van der Waals surface area contributed by atoms with Gasteiger partial charge < -0.3 is 9.88 Å². The van der Waals surface area contributed by atoms with Crippen LogP contribution in [0, 0.1) is 0 Å². The fourth-order valence-electron chi connectivity index (χ4n) is 2.22. The van der Waals surface area contributed by atoms with E-state index in [9.17, 15) is 4.79 Å². The highest BCUT2D eigenvalue weighted by Crippen LogP contribution is 2.13. The molecule has 22 heavy (non-hydrogen) atoms. The Kier molecular flexibility index (Phi) is 5.98. The first-order valence-corrected chi connectivity index (χ1v) is 7.70. The number of aryl methyl sites for hydroxylation is 1. The number of hydrogen-bond donors (Lipinski definition) is 1. The van der Waals surface area contributed by atoms with Gasteiger partial charge in [0.25, 0.3) is 0 Å². The summed E-state index contributed by atoms with van der Waals surface area (Å²) in [5.41, 5.74) is 0.753. The molecule has 1 heterocycles. The van der Waals surface area contributed by atoms with Gasteiger partial charge in [0.1, 0.15) is 5.82 Å². The number of imidazole rings is 1. The summed E-state index contributed by atoms with van der Waals surface area (Å²) in [5, 5.41) is 3.54. The fourth-order valence-corrected chi connectivity index (χ4v) is 2.34. The quantitative estimate of drug-likeness (QED) is 0.853. The average Bonchev–Trinajstić information content (AvgIpc) is 2.87. The van der Waals surface area contributed by atoms with Gasteiger partial charge in [0.15, 0.2) is 0 Å². The van der Waals surface area contributed by atoms with E-state index in [4.69, 9.17) is 11.6 Å². The van der Waals surface area contributed by atoms with Crippen molar-refractivity contribution >= 4 is 23.2 Å². The zero-order valence-electron chi connectivity index (χ0n) is 12.9. The van der Waals surface area contributed by atoms with E-state index < -0.39 is 0 Å². The van der Waals surface area contributed by atoms with Crippen LogP contribution in [-0.2, 0) is 18.4 Å². The summed E-state index contributed by atoms with van der Waals surface area (Å²) >= 11 is 5.84. The van der Waals surface area contributed by atoms with Crippen molar-refractivity contribution in [3.8, 4) is 0 Å². The summed E-state index contributed by atoms with van der Waals surface area (Å²) in [4.78, 5) is 18.6. The van der Waals surface area contributed by atoms with Crippen LogP contribution in [0.5, 0.6) is 0 Å². The van der Waals surface area contributed by atoms with Gasteiger partial charge >= 0.3 is 0 Å². The molecular weight excluding hydrogens is 300 g/mol. The van der Waals surface area contributed by atoms with Gasteiger partial charge in [-0.15, -0.1) is 0 Å². The number of rotatable bonds is 7. The molecule has 0 radical (unpaired) electrons. The SMILES string of the molecule is CCCN(CC(=O)Nc1ccc(Cl)cc1)Cc1nccn1C. The number of hydrogen-bond acceptors (Lipinski definition) is 3. The molecular formula is C16H21ClN4O. The van der Waals surface area contributed by atoms with Crippen LogP contribution < -0.4 is 5.32 Å². The van der Waals surface area contributed by atoms with Crippen LogP contribution in [0.4, 0.5) is 5.69 Å². The van der Waals surface area contributed by atoms with E-state index in [1.165, 1.54) is 0 Å². The van der Waals surface area contributed by atoms with Crippen LogP contribution in [-0.4, -0.2) is 33.4 Å². The van der Waals surface area contributed by atoms with Crippen molar-refractivity contribution in [1.29, 1.82) is 0 Å². The second-order valence-electron chi connectivity index (χ2n) is 5.22. The molecule has 1 amide bonds. The second-order valence-corrected chi connectivity index (χ2v) is 5.66. The Morgan fingerprint density at radius 2 is 2.09 bits per heavy atom. The van der Waals surface area contributed by atoms with Crippen LogP contribution in [0.2, 0.25) is 5.02 Å². The predicted octanol–water partition coefficient (Wildman–Crippen LogP) is 2.92. The maximum Gasteiger partial charge on any atom is 0.238 e. The van der Waals surface area contributed by atoms with Crippen molar-refractivity contribution in [2.75, 3.05) is 18.4 Å². The van der Waals surface area contributed by atoms with Gasteiger partial charge in [0, 0.05) is 30.2 Å². The molecule has 2 rings (SSSR count). The topological polar surface area (TPSA) is 50.2 Å². The highest BCUT2D eigenvalue weighted by atomic mass is 35.5. The van der Waals surface area contributed by atoms with Crippen LogP contribution in [0.15, 0.2) is 36.7 Å². The summed E-state index contributed by atoms with van der Waals surface area (Å²) in [7, 11) is 1.96. The monoisotopic (exact) mass is 320 g/mol. The molecule has 6 heteroatoms. The van der Waals surface area contributed by atoms with E-state index in [1.807, 2.05) is 17.8 Å². The summed E-state index contributed by atoms with van der Waals surface area (Å²) in [6, 6.07) is 7.11. The molecule has 0 fully saturated rings. The number of nitrogens with zero attached hydrogens (tertiary/aromatic N) is 3. The molecule has 118 valence electrons. The van der Waals surface area contributed by atoms with E-state index >= 15 is 0 Å². The number of nitrogens with one attached hydrogen (secondary N) is 1. The van der Waals surface area contributed by atoms with Gasteiger partial charge in [0.05, 0.1) is 13.1 Å². The number of halogens is 1. The van der Waals surface area contributed by atoms with Gasteiger partial charge in [-0.3, -0.25) is 9.69 Å². The predicted molar refractivity (Wildman–Crippen MR) is 88.9 cm³/mol. The van der Waals surface area contributed by atoms with Crippen LogP contribution in [0.1, 0.15) is 19.2 Å². The van der Waals surface area contributed by atoms with E-state index in [-0.39, 0.29) is 5.91 Å². The lowest BCUT2D eigenvalue weighted by molar-refractivity contribution is -0.117. The molecule has 0 aliphatic carbocycles. The molecule has 1 aromatic carbocycles. The average molecular weight is 321 g/mol. The van der Waals surface area contributed by atoms with Gasteiger partial charge in [-0.25, -0.2) is 4.98 Å². The maximum absolute atomic E-state index is 12.2. The molecule has 2 aromatic rings. The Hall–Kier alpha value is -1.85. The van der Waals surface area contributed by atoms with E-state index in [2.05, 4.69) is 22.1 Å². The standard InChI is InChI=1S/C16H21ClN4O/c1-3-9-21(11-15-18-8-10-20(15)2)12-16(22)19-14-6-4-13(17)5-7-14/h4-8,10H,3,9,11-12H2,1-2H3,(H,19,22). The number of benzene rings is 1. The number of carbonyl (C=O) groups excluding carboxylic acids is 1. The summed E-state index contributed by atoms with van der Waals surface area (Å²) in [5.74, 6) is 0.915. The van der Waals surface area contributed by atoms with Crippen molar-refractivity contribution in [2.45, 2.75) is 19.9 Å². The highest BCUT2D eigenvalue weighted by Gasteiger charge is 2.13. The van der Waals surface area contributed by atoms with Crippen molar-refractivity contribution < 1.29 is 4.79 Å². The molecule has 0 aliphatic heterocycles. The molecule has 0 saturated carbocycles.